The van der Waals surface area contributed by atoms with Crippen LogP contribution in [0.1, 0.15) is 5.56 Å². The molecule has 0 saturated carbocycles. The minimum atomic E-state index is -3.93. The van der Waals surface area contributed by atoms with Crippen molar-refractivity contribution < 1.29 is 16.8 Å². The number of anilines is 1. The summed E-state index contributed by atoms with van der Waals surface area (Å²) in [5.74, 6) is 0. The Hall–Kier alpha value is -2.75. The molecule has 0 atom stereocenters. The minimum absolute atomic E-state index is 0.00455. The van der Waals surface area contributed by atoms with E-state index in [0.29, 0.717) is 0 Å². The highest BCUT2D eigenvalue weighted by atomic mass is 32.2. The van der Waals surface area contributed by atoms with E-state index in [-0.39, 0.29) is 30.4 Å². The van der Waals surface area contributed by atoms with Gasteiger partial charge in [0.2, 0.25) is 19.7 Å². The first-order valence-corrected chi connectivity index (χ1v) is 11.8. The summed E-state index contributed by atoms with van der Waals surface area (Å²) in [7, 11) is -7.78. The Labute approximate surface area is 175 Å². The molecular formula is C20H18N2O4S3. The maximum atomic E-state index is 13.1. The second kappa shape index (κ2) is 7.94. The smallest absolute Gasteiger partial charge is 0.208 e. The molecule has 0 saturated heterocycles. The zero-order chi connectivity index (χ0) is 21.2. The summed E-state index contributed by atoms with van der Waals surface area (Å²) in [6.07, 6.45) is 0. The zero-order valence-corrected chi connectivity index (χ0v) is 17.8. The lowest BCUT2D eigenvalue weighted by atomic mass is 10.2. The van der Waals surface area contributed by atoms with Gasteiger partial charge in [-0.1, -0.05) is 35.9 Å². The van der Waals surface area contributed by atoms with Crippen molar-refractivity contribution >= 4 is 42.7 Å². The highest BCUT2D eigenvalue weighted by Gasteiger charge is 2.25. The standard InChI is InChI=1S/C20H18N2O4S3/c1-14-7-9-16(10-8-14)29(25,26)19-12-11-17(13-18(19)22-20(21)27)28(23,24)15-5-3-2-4-6-15/h2-13H,1H3,(H3,21,22,27). The SMILES string of the molecule is Cc1ccc(S(=O)(=O)c2ccc(S(=O)(=O)c3ccccc3)cc2NC(N)=S)cc1. The summed E-state index contributed by atoms with van der Waals surface area (Å²) in [6.45, 7) is 1.85. The number of rotatable bonds is 5. The number of thiocarbonyl (C=S) groups is 1. The van der Waals surface area contributed by atoms with Gasteiger partial charge in [0.05, 0.1) is 25.3 Å². The molecule has 9 heteroatoms. The predicted molar refractivity (Wildman–Crippen MR) is 115 cm³/mol. The molecule has 0 heterocycles. The summed E-state index contributed by atoms with van der Waals surface area (Å²) in [4.78, 5) is -0.0327. The van der Waals surface area contributed by atoms with Gasteiger partial charge in [-0.3, -0.25) is 0 Å². The first kappa shape index (κ1) is 21.0. The van der Waals surface area contributed by atoms with Crippen molar-refractivity contribution in [1.82, 2.24) is 0 Å². The van der Waals surface area contributed by atoms with Crippen molar-refractivity contribution in [2.24, 2.45) is 5.73 Å². The van der Waals surface area contributed by atoms with Gasteiger partial charge in [0.25, 0.3) is 0 Å². The average molecular weight is 447 g/mol. The Morgan fingerprint density at radius 1 is 0.793 bits per heavy atom. The molecule has 6 nitrogen and oxygen atoms in total. The predicted octanol–water partition coefficient (Wildman–Crippen LogP) is 3.32. The summed E-state index contributed by atoms with van der Waals surface area (Å²) >= 11 is 4.85. The molecule has 0 unspecified atom stereocenters. The van der Waals surface area contributed by atoms with E-state index in [9.17, 15) is 16.8 Å². The molecule has 150 valence electrons. The van der Waals surface area contributed by atoms with Gasteiger partial charge in [-0.2, -0.15) is 0 Å². The highest BCUT2D eigenvalue weighted by molar-refractivity contribution is 7.92. The van der Waals surface area contributed by atoms with Crippen molar-refractivity contribution in [3.8, 4) is 0 Å². The van der Waals surface area contributed by atoms with Gasteiger partial charge in [-0.15, -0.1) is 0 Å². The fourth-order valence-corrected chi connectivity index (χ4v) is 5.53. The maximum absolute atomic E-state index is 13.1. The van der Waals surface area contributed by atoms with Crippen molar-refractivity contribution in [2.45, 2.75) is 26.5 Å². The van der Waals surface area contributed by atoms with Gasteiger partial charge < -0.3 is 11.1 Å². The number of hydrogen-bond acceptors (Lipinski definition) is 5. The first-order valence-electron chi connectivity index (χ1n) is 8.45. The summed E-state index contributed by atoms with van der Waals surface area (Å²) in [5, 5.41) is 2.41. The Kier molecular flexibility index (Phi) is 5.74. The molecule has 0 radical (unpaired) electrons. The second-order valence-electron chi connectivity index (χ2n) is 6.28. The van der Waals surface area contributed by atoms with E-state index >= 15 is 0 Å². The van der Waals surface area contributed by atoms with Gasteiger partial charge >= 0.3 is 0 Å². The van der Waals surface area contributed by atoms with Crippen molar-refractivity contribution in [3.63, 3.8) is 0 Å². The molecule has 0 amide bonds. The summed E-state index contributed by atoms with van der Waals surface area (Å²) in [5.41, 5.74) is 6.45. The van der Waals surface area contributed by atoms with E-state index < -0.39 is 19.7 Å². The van der Waals surface area contributed by atoms with Gasteiger partial charge in [-0.25, -0.2) is 16.8 Å². The van der Waals surface area contributed by atoms with Crippen molar-refractivity contribution in [3.05, 3.63) is 78.4 Å². The van der Waals surface area contributed by atoms with Crippen LogP contribution in [0.2, 0.25) is 0 Å². The molecule has 0 aliphatic rings. The maximum Gasteiger partial charge on any atom is 0.208 e. The molecule has 0 aliphatic carbocycles. The molecule has 3 aromatic carbocycles. The molecule has 0 fully saturated rings. The third-order valence-electron chi connectivity index (χ3n) is 4.19. The van der Waals surface area contributed by atoms with Crippen LogP contribution in [0.3, 0.4) is 0 Å². The zero-order valence-electron chi connectivity index (χ0n) is 15.4. The molecule has 3 rings (SSSR count). The first-order chi connectivity index (χ1) is 13.6. The average Bonchev–Trinajstić information content (AvgIpc) is 2.68. The molecule has 29 heavy (non-hydrogen) atoms. The Morgan fingerprint density at radius 3 is 1.93 bits per heavy atom. The molecular weight excluding hydrogens is 428 g/mol. The van der Waals surface area contributed by atoms with Crippen LogP contribution in [0.15, 0.2) is 92.4 Å². The van der Waals surface area contributed by atoms with E-state index in [1.165, 1.54) is 42.5 Å². The van der Waals surface area contributed by atoms with E-state index in [4.69, 9.17) is 18.0 Å². The largest absolute Gasteiger partial charge is 0.376 e. The second-order valence-corrected chi connectivity index (χ2v) is 10.6. The number of aryl methyl sites for hydroxylation is 1. The minimum Gasteiger partial charge on any atom is -0.376 e. The van der Waals surface area contributed by atoms with Gasteiger partial charge in [0, 0.05) is 0 Å². The van der Waals surface area contributed by atoms with E-state index in [1.807, 2.05) is 6.92 Å². The molecule has 0 aromatic heterocycles. The number of benzene rings is 3. The lowest BCUT2D eigenvalue weighted by Gasteiger charge is -2.14. The Balaban J connectivity index is 2.17. The number of sulfone groups is 2. The van der Waals surface area contributed by atoms with Crippen LogP contribution in [-0.2, 0) is 19.7 Å². The third kappa shape index (κ3) is 4.31. The quantitative estimate of drug-likeness (QED) is 0.579. The Morgan fingerprint density at radius 2 is 1.34 bits per heavy atom. The topological polar surface area (TPSA) is 106 Å². The van der Waals surface area contributed by atoms with E-state index in [0.717, 1.165) is 5.56 Å². The van der Waals surface area contributed by atoms with Crippen molar-refractivity contribution in [1.29, 1.82) is 0 Å². The van der Waals surface area contributed by atoms with Crippen molar-refractivity contribution in [2.75, 3.05) is 5.32 Å². The third-order valence-corrected chi connectivity index (χ3v) is 7.89. The van der Waals surface area contributed by atoms with Crippen LogP contribution in [0.5, 0.6) is 0 Å². The van der Waals surface area contributed by atoms with Crippen LogP contribution < -0.4 is 11.1 Å². The number of nitrogens with one attached hydrogen (secondary N) is 1. The lowest BCUT2D eigenvalue weighted by molar-refractivity contribution is 0.592. The van der Waals surface area contributed by atoms with Crippen LogP contribution >= 0.6 is 12.2 Å². The summed E-state index contributed by atoms with van der Waals surface area (Å²) < 4.78 is 52.0. The number of hydrogen-bond donors (Lipinski definition) is 2. The molecule has 0 spiro atoms. The van der Waals surface area contributed by atoms with Gasteiger partial charge in [-0.05, 0) is 61.6 Å². The fraction of sp³-hybridized carbons (Fsp3) is 0.0500. The fourth-order valence-electron chi connectivity index (χ4n) is 2.72. The molecule has 0 bridgehead atoms. The normalized spacial score (nSPS) is 11.8. The molecule has 3 aromatic rings. The van der Waals surface area contributed by atoms with Crippen LogP contribution in [0.4, 0.5) is 5.69 Å². The molecule has 3 N–H and O–H groups in total. The van der Waals surface area contributed by atoms with Gasteiger partial charge in [0.15, 0.2) is 5.11 Å². The summed E-state index contributed by atoms with van der Waals surface area (Å²) in [6, 6.07) is 17.9. The van der Waals surface area contributed by atoms with Crippen LogP contribution in [-0.4, -0.2) is 21.9 Å². The highest BCUT2D eigenvalue weighted by Crippen LogP contribution is 2.32. The molecule has 0 aliphatic heterocycles. The Bertz CT molecular complexity index is 1270. The van der Waals surface area contributed by atoms with Gasteiger partial charge in [0.1, 0.15) is 0 Å². The van der Waals surface area contributed by atoms with Crippen LogP contribution in [0, 0.1) is 6.92 Å². The van der Waals surface area contributed by atoms with Crippen LogP contribution in [0.25, 0.3) is 0 Å². The monoisotopic (exact) mass is 446 g/mol. The lowest BCUT2D eigenvalue weighted by Crippen LogP contribution is -2.21. The van der Waals surface area contributed by atoms with E-state index in [1.54, 1.807) is 30.3 Å². The number of nitrogens with two attached hydrogens (primary N) is 1. The van der Waals surface area contributed by atoms with E-state index in [2.05, 4.69) is 5.32 Å².